The fourth-order valence-electron chi connectivity index (χ4n) is 1.65. The molecule has 0 aliphatic heterocycles. The molecule has 1 aromatic heterocycles. The van der Waals surface area contributed by atoms with Crippen molar-refractivity contribution in [1.29, 1.82) is 0 Å². The molecule has 108 valence electrons. The Morgan fingerprint density at radius 2 is 2.00 bits per heavy atom. The van der Waals surface area contributed by atoms with Gasteiger partial charge in [-0.1, -0.05) is 11.6 Å². The van der Waals surface area contributed by atoms with Gasteiger partial charge in [0.25, 0.3) is 5.91 Å². The van der Waals surface area contributed by atoms with Gasteiger partial charge in [0.05, 0.1) is 28.5 Å². The molecule has 0 fully saturated rings. The van der Waals surface area contributed by atoms with Crippen LogP contribution in [0.3, 0.4) is 0 Å². The number of nitrogens with zero attached hydrogens (tertiary/aromatic N) is 1. The largest absolute Gasteiger partial charge is 0.478 e. The third-order valence-corrected chi connectivity index (χ3v) is 3.08. The molecule has 0 saturated heterocycles. The summed E-state index contributed by atoms with van der Waals surface area (Å²) in [6.45, 7) is 0.113. The van der Waals surface area contributed by atoms with E-state index in [4.69, 9.17) is 22.4 Å². The first-order valence-corrected chi connectivity index (χ1v) is 6.36. The summed E-state index contributed by atoms with van der Waals surface area (Å²) < 4.78 is 0. The minimum Gasteiger partial charge on any atom is -0.478 e. The van der Waals surface area contributed by atoms with E-state index in [9.17, 15) is 9.59 Å². The summed E-state index contributed by atoms with van der Waals surface area (Å²) in [5.74, 6) is -1.39. The number of benzene rings is 1. The van der Waals surface area contributed by atoms with Gasteiger partial charge in [0.15, 0.2) is 0 Å². The monoisotopic (exact) mass is 305 g/mol. The Morgan fingerprint density at radius 1 is 1.24 bits per heavy atom. The predicted molar refractivity (Wildman–Crippen MR) is 78.2 cm³/mol. The van der Waals surface area contributed by atoms with E-state index in [1.54, 1.807) is 12.1 Å². The Labute approximate surface area is 125 Å². The van der Waals surface area contributed by atoms with Gasteiger partial charge in [0.1, 0.15) is 0 Å². The number of carbonyl (C=O) groups excluding carboxylic acids is 1. The van der Waals surface area contributed by atoms with Crippen LogP contribution in [-0.4, -0.2) is 22.0 Å². The number of pyridine rings is 1. The number of carboxylic acid groups (broad SMARTS) is 1. The molecule has 2 aromatic rings. The number of amides is 1. The number of carboxylic acids is 1. The lowest BCUT2D eigenvalue weighted by molar-refractivity contribution is 0.0696. The number of nitrogens with one attached hydrogen (secondary N) is 1. The van der Waals surface area contributed by atoms with Gasteiger partial charge in [-0.3, -0.25) is 9.78 Å². The summed E-state index contributed by atoms with van der Waals surface area (Å²) >= 11 is 5.85. The molecule has 1 aromatic carbocycles. The molecule has 0 unspecified atom stereocenters. The zero-order valence-electron chi connectivity index (χ0n) is 10.8. The lowest BCUT2D eigenvalue weighted by atomic mass is 10.2. The molecule has 0 aliphatic carbocycles. The van der Waals surface area contributed by atoms with E-state index in [1.807, 2.05) is 0 Å². The van der Waals surface area contributed by atoms with Gasteiger partial charge >= 0.3 is 5.97 Å². The van der Waals surface area contributed by atoms with Gasteiger partial charge in [-0.05, 0) is 30.3 Å². The van der Waals surface area contributed by atoms with Crippen LogP contribution in [0.2, 0.25) is 5.02 Å². The quantitative estimate of drug-likeness (QED) is 0.749. The third kappa shape index (κ3) is 3.70. The Bertz CT molecular complexity index is 704. The molecule has 7 heteroatoms. The number of hydrogen-bond acceptors (Lipinski definition) is 4. The zero-order valence-corrected chi connectivity index (χ0v) is 11.6. The molecule has 4 N–H and O–H groups in total. The molecule has 2 rings (SSSR count). The first kappa shape index (κ1) is 14.8. The maximum atomic E-state index is 11.9. The average molecular weight is 306 g/mol. The van der Waals surface area contributed by atoms with Gasteiger partial charge in [0.2, 0.25) is 0 Å². The Balaban J connectivity index is 2.05. The first-order valence-electron chi connectivity index (χ1n) is 5.99. The molecule has 0 saturated carbocycles. The molecule has 0 spiro atoms. The highest BCUT2D eigenvalue weighted by Gasteiger charge is 2.09. The Hall–Kier alpha value is -2.60. The number of nitrogen functional groups attached to an aromatic ring is 1. The molecule has 6 nitrogen and oxygen atoms in total. The maximum Gasteiger partial charge on any atom is 0.335 e. The van der Waals surface area contributed by atoms with Crippen LogP contribution < -0.4 is 11.1 Å². The van der Waals surface area contributed by atoms with E-state index >= 15 is 0 Å². The summed E-state index contributed by atoms with van der Waals surface area (Å²) in [4.78, 5) is 26.8. The Kier molecular flexibility index (Phi) is 4.39. The first-order chi connectivity index (χ1) is 9.97. The van der Waals surface area contributed by atoms with Crippen molar-refractivity contribution in [3.05, 3.63) is 58.4 Å². The number of rotatable bonds is 4. The molecule has 1 amide bonds. The standard InChI is InChI=1S/C14H12ClN3O3/c15-11-6-8(1-2-12(11)16)13(19)18-7-10-5-9(14(20)21)3-4-17-10/h1-6H,7,16H2,(H,18,19)(H,20,21). The van der Waals surface area contributed by atoms with Crippen LogP contribution in [-0.2, 0) is 6.54 Å². The predicted octanol–water partition coefficient (Wildman–Crippen LogP) is 1.95. The molecular weight excluding hydrogens is 294 g/mol. The minimum atomic E-state index is -1.05. The van der Waals surface area contributed by atoms with E-state index in [2.05, 4.69) is 10.3 Å². The molecule has 1 heterocycles. The van der Waals surface area contributed by atoms with E-state index in [-0.39, 0.29) is 18.0 Å². The number of aromatic carboxylic acids is 1. The number of halogens is 1. The SMILES string of the molecule is Nc1ccc(C(=O)NCc2cc(C(=O)O)ccn2)cc1Cl. The highest BCUT2D eigenvalue weighted by Crippen LogP contribution is 2.19. The van der Waals surface area contributed by atoms with E-state index in [0.29, 0.717) is 22.0 Å². The van der Waals surface area contributed by atoms with E-state index in [0.717, 1.165) is 0 Å². The fraction of sp³-hybridized carbons (Fsp3) is 0.0714. The highest BCUT2D eigenvalue weighted by atomic mass is 35.5. The van der Waals surface area contributed by atoms with Gasteiger partial charge in [-0.25, -0.2) is 4.79 Å². The number of aromatic nitrogens is 1. The number of carbonyl (C=O) groups is 2. The van der Waals surface area contributed by atoms with Crippen LogP contribution in [0.4, 0.5) is 5.69 Å². The molecule has 0 aliphatic rings. The summed E-state index contributed by atoms with van der Waals surface area (Å²) in [5, 5.41) is 11.8. The lowest BCUT2D eigenvalue weighted by Gasteiger charge is -2.06. The summed E-state index contributed by atoms with van der Waals surface area (Å²) in [6, 6.07) is 7.34. The van der Waals surface area contributed by atoms with E-state index in [1.165, 1.54) is 24.4 Å². The van der Waals surface area contributed by atoms with Crippen molar-refractivity contribution in [2.45, 2.75) is 6.54 Å². The van der Waals surface area contributed by atoms with Gasteiger partial charge < -0.3 is 16.2 Å². The van der Waals surface area contributed by atoms with Gasteiger partial charge in [0, 0.05) is 11.8 Å². The Morgan fingerprint density at radius 3 is 2.67 bits per heavy atom. The van der Waals surface area contributed by atoms with Crippen LogP contribution >= 0.6 is 11.6 Å². The van der Waals surface area contributed by atoms with Crippen LogP contribution in [0, 0.1) is 0 Å². The van der Waals surface area contributed by atoms with Crippen molar-refractivity contribution in [2.75, 3.05) is 5.73 Å². The second kappa shape index (κ2) is 6.23. The summed E-state index contributed by atoms with van der Waals surface area (Å²) in [7, 11) is 0. The minimum absolute atomic E-state index is 0.113. The normalized spacial score (nSPS) is 10.1. The topological polar surface area (TPSA) is 105 Å². The van der Waals surface area contributed by atoms with Crippen molar-refractivity contribution < 1.29 is 14.7 Å². The van der Waals surface area contributed by atoms with Gasteiger partial charge in [-0.2, -0.15) is 0 Å². The van der Waals surface area contributed by atoms with Crippen LogP contribution in [0.15, 0.2) is 36.5 Å². The number of anilines is 1. The lowest BCUT2D eigenvalue weighted by Crippen LogP contribution is -2.23. The van der Waals surface area contributed by atoms with Crippen molar-refractivity contribution >= 4 is 29.2 Å². The molecule has 0 bridgehead atoms. The van der Waals surface area contributed by atoms with Crippen LogP contribution in [0.1, 0.15) is 26.4 Å². The summed E-state index contributed by atoms with van der Waals surface area (Å²) in [6.07, 6.45) is 1.38. The maximum absolute atomic E-state index is 11.9. The fourth-order valence-corrected chi connectivity index (χ4v) is 1.83. The average Bonchev–Trinajstić information content (AvgIpc) is 2.48. The van der Waals surface area contributed by atoms with Crippen LogP contribution in [0.5, 0.6) is 0 Å². The van der Waals surface area contributed by atoms with Crippen molar-refractivity contribution in [1.82, 2.24) is 10.3 Å². The summed E-state index contributed by atoms with van der Waals surface area (Å²) in [5.41, 5.74) is 6.89. The molecular formula is C14H12ClN3O3. The van der Waals surface area contributed by atoms with Crippen molar-refractivity contribution in [3.8, 4) is 0 Å². The number of hydrogen-bond donors (Lipinski definition) is 3. The number of nitrogens with two attached hydrogens (primary N) is 1. The third-order valence-electron chi connectivity index (χ3n) is 2.76. The van der Waals surface area contributed by atoms with Crippen molar-refractivity contribution in [2.24, 2.45) is 0 Å². The van der Waals surface area contributed by atoms with E-state index < -0.39 is 5.97 Å². The molecule has 0 atom stereocenters. The zero-order chi connectivity index (χ0) is 15.4. The molecule has 0 radical (unpaired) electrons. The second-order valence-corrected chi connectivity index (χ2v) is 4.67. The van der Waals surface area contributed by atoms with Gasteiger partial charge in [-0.15, -0.1) is 0 Å². The highest BCUT2D eigenvalue weighted by molar-refractivity contribution is 6.33. The molecule has 21 heavy (non-hydrogen) atoms. The van der Waals surface area contributed by atoms with Crippen molar-refractivity contribution in [3.63, 3.8) is 0 Å². The second-order valence-electron chi connectivity index (χ2n) is 4.26. The smallest absolute Gasteiger partial charge is 0.335 e. The van der Waals surface area contributed by atoms with Crippen LogP contribution in [0.25, 0.3) is 0 Å².